The highest BCUT2D eigenvalue weighted by Gasteiger charge is 2.75. The number of fused-ring (bicyclic) bond motifs is 1. The molecule has 0 amide bonds. The minimum atomic E-state index is -1.42. The van der Waals surface area contributed by atoms with Crippen LogP contribution in [0.3, 0.4) is 0 Å². The Labute approximate surface area is 164 Å². The van der Waals surface area contributed by atoms with Crippen LogP contribution in [0.5, 0.6) is 17.2 Å². The van der Waals surface area contributed by atoms with Gasteiger partial charge in [0.1, 0.15) is 35.6 Å². The van der Waals surface area contributed by atoms with E-state index in [2.05, 4.69) is 0 Å². The van der Waals surface area contributed by atoms with E-state index in [0.29, 0.717) is 28.2 Å². The van der Waals surface area contributed by atoms with E-state index in [9.17, 15) is 15.0 Å². The number of hydrogen-bond donors (Lipinski definition) is 2. The number of aromatic hydroxyl groups is 1. The van der Waals surface area contributed by atoms with E-state index in [1.54, 1.807) is 24.3 Å². The van der Waals surface area contributed by atoms with Crippen molar-refractivity contribution in [2.24, 2.45) is 0 Å². The number of benzene rings is 2. The highest BCUT2D eigenvalue weighted by atomic mass is 16.8. The molecule has 0 unspecified atom stereocenters. The summed E-state index contributed by atoms with van der Waals surface area (Å²) in [7, 11) is 1.51. The summed E-state index contributed by atoms with van der Waals surface area (Å²) in [5.74, 6) is -2.16. The van der Waals surface area contributed by atoms with Gasteiger partial charge >= 0.3 is 0 Å². The second kappa shape index (κ2) is 4.73. The highest BCUT2D eigenvalue weighted by Crippen LogP contribution is 2.67. The van der Waals surface area contributed by atoms with Crippen LogP contribution in [0.4, 0.5) is 0 Å². The average molecular weight is 396 g/mol. The van der Waals surface area contributed by atoms with Gasteiger partial charge in [0.25, 0.3) is 11.6 Å². The van der Waals surface area contributed by atoms with Crippen molar-refractivity contribution in [2.75, 3.05) is 7.11 Å². The maximum Gasteiger partial charge on any atom is 0.274 e. The van der Waals surface area contributed by atoms with Crippen molar-refractivity contribution in [3.05, 3.63) is 52.6 Å². The molecule has 2 aromatic rings. The lowest BCUT2D eigenvalue weighted by Crippen LogP contribution is -2.65. The Hall–Kier alpha value is -2.65. The predicted octanol–water partition coefficient (Wildman–Crippen LogP) is 1.62. The summed E-state index contributed by atoms with van der Waals surface area (Å²) in [4.78, 5) is 12.7. The molecule has 8 heteroatoms. The first kappa shape index (κ1) is 16.2. The minimum Gasteiger partial charge on any atom is -0.508 e. The van der Waals surface area contributed by atoms with Gasteiger partial charge in [-0.2, -0.15) is 0 Å². The summed E-state index contributed by atoms with van der Waals surface area (Å²) in [6, 6.07) is 8.30. The number of hydrogen-bond acceptors (Lipinski definition) is 8. The third kappa shape index (κ3) is 1.62. The van der Waals surface area contributed by atoms with E-state index < -0.39 is 36.0 Å². The van der Waals surface area contributed by atoms with Crippen LogP contribution in [0.2, 0.25) is 0 Å². The van der Waals surface area contributed by atoms with Gasteiger partial charge in [0, 0.05) is 24.7 Å². The zero-order valence-corrected chi connectivity index (χ0v) is 15.2. The number of epoxide rings is 1. The highest BCUT2D eigenvalue weighted by molar-refractivity contribution is 6.00. The molecule has 6 atom stereocenters. The quantitative estimate of drug-likeness (QED) is 0.701. The van der Waals surface area contributed by atoms with Gasteiger partial charge in [-0.25, -0.2) is 0 Å². The molecule has 0 aromatic heterocycles. The molecule has 2 aromatic carbocycles. The third-order valence-electron chi connectivity index (χ3n) is 6.62. The molecule has 3 heterocycles. The Bertz CT molecular complexity index is 1130. The van der Waals surface area contributed by atoms with E-state index in [0.717, 1.165) is 0 Å². The number of aliphatic hydroxyl groups is 1. The number of ketones is 1. The Morgan fingerprint density at radius 2 is 1.90 bits per heavy atom. The van der Waals surface area contributed by atoms with Crippen LogP contribution in [-0.2, 0) is 25.8 Å². The lowest BCUT2D eigenvalue weighted by molar-refractivity contribution is -0.391. The second-order valence-corrected chi connectivity index (χ2v) is 8.01. The lowest BCUT2D eigenvalue weighted by Gasteiger charge is -2.56. The molecule has 0 saturated carbocycles. The van der Waals surface area contributed by atoms with Crippen molar-refractivity contribution in [1.82, 2.24) is 0 Å². The molecule has 3 aliphatic heterocycles. The first-order chi connectivity index (χ1) is 14.0. The fourth-order valence-corrected chi connectivity index (χ4v) is 5.37. The Kier molecular flexibility index (Phi) is 2.64. The Morgan fingerprint density at radius 1 is 1.10 bits per heavy atom. The molecule has 29 heavy (non-hydrogen) atoms. The molecular formula is C21H16O8. The molecule has 8 nitrogen and oxygen atoms in total. The first-order valence-corrected chi connectivity index (χ1v) is 9.48. The van der Waals surface area contributed by atoms with E-state index >= 15 is 0 Å². The smallest absolute Gasteiger partial charge is 0.274 e. The molecule has 0 radical (unpaired) electrons. The van der Waals surface area contributed by atoms with Crippen molar-refractivity contribution in [3.63, 3.8) is 0 Å². The van der Waals surface area contributed by atoms with Gasteiger partial charge in [0.15, 0.2) is 11.9 Å². The zero-order chi connectivity index (χ0) is 19.7. The van der Waals surface area contributed by atoms with Crippen LogP contribution < -0.4 is 9.47 Å². The largest absolute Gasteiger partial charge is 0.508 e. The lowest BCUT2D eigenvalue weighted by atomic mass is 9.76. The first-order valence-electron chi connectivity index (χ1n) is 9.48. The minimum absolute atomic E-state index is 0.0807. The summed E-state index contributed by atoms with van der Waals surface area (Å²) < 4.78 is 30.8. The van der Waals surface area contributed by atoms with Crippen molar-refractivity contribution >= 4 is 5.78 Å². The van der Waals surface area contributed by atoms with Crippen LogP contribution >= 0.6 is 0 Å². The van der Waals surface area contributed by atoms with Gasteiger partial charge in [0.2, 0.25) is 0 Å². The van der Waals surface area contributed by atoms with Gasteiger partial charge < -0.3 is 29.2 Å². The number of Topliss-reactive ketones (excluding diaryl/α,β-unsaturated/α-hetero) is 1. The van der Waals surface area contributed by atoms with Gasteiger partial charge in [0.05, 0.1) is 11.1 Å². The van der Waals surface area contributed by atoms with Crippen molar-refractivity contribution in [3.8, 4) is 17.2 Å². The van der Waals surface area contributed by atoms with Crippen LogP contribution in [0.15, 0.2) is 30.3 Å². The number of phenols is 1. The van der Waals surface area contributed by atoms with Gasteiger partial charge in [-0.1, -0.05) is 12.1 Å². The molecule has 148 valence electrons. The monoisotopic (exact) mass is 396 g/mol. The normalized spacial score (nSPS) is 39.4. The van der Waals surface area contributed by atoms with Crippen LogP contribution in [0.25, 0.3) is 0 Å². The molecule has 1 saturated heterocycles. The summed E-state index contributed by atoms with van der Waals surface area (Å²) >= 11 is 0. The number of methoxy groups -OCH3 is 1. The fraction of sp³-hybridized carbons (Fsp3) is 0.381. The number of carbonyl (C=O) groups is 1. The van der Waals surface area contributed by atoms with Gasteiger partial charge in [-0.05, 0) is 18.2 Å². The topological polar surface area (TPSA) is 107 Å². The number of rotatable bonds is 1. The van der Waals surface area contributed by atoms with E-state index in [-0.39, 0.29) is 23.5 Å². The molecular weight excluding hydrogens is 380 g/mol. The van der Waals surface area contributed by atoms with Gasteiger partial charge in [-0.15, -0.1) is 0 Å². The van der Waals surface area contributed by atoms with Crippen LogP contribution in [0, 0.1) is 0 Å². The van der Waals surface area contributed by atoms with Crippen molar-refractivity contribution in [1.29, 1.82) is 0 Å². The summed E-state index contributed by atoms with van der Waals surface area (Å²) in [6.45, 7) is 0. The zero-order valence-electron chi connectivity index (χ0n) is 15.2. The number of aliphatic hydroxyl groups excluding tert-OH is 1. The van der Waals surface area contributed by atoms with Crippen LogP contribution in [0.1, 0.15) is 39.6 Å². The molecule has 7 rings (SSSR count). The molecule has 5 aliphatic rings. The summed E-state index contributed by atoms with van der Waals surface area (Å²) in [6.07, 6.45) is -2.81. The Morgan fingerprint density at radius 3 is 2.72 bits per heavy atom. The second-order valence-electron chi connectivity index (χ2n) is 8.01. The van der Waals surface area contributed by atoms with E-state index in [4.69, 9.17) is 23.7 Å². The Balaban J connectivity index is 1.59. The number of ether oxygens (including phenoxy) is 5. The van der Waals surface area contributed by atoms with Gasteiger partial charge in [-0.3, -0.25) is 9.53 Å². The fourth-order valence-electron chi connectivity index (χ4n) is 5.37. The molecule has 2 N–H and O–H groups in total. The van der Waals surface area contributed by atoms with E-state index in [1.807, 2.05) is 0 Å². The van der Waals surface area contributed by atoms with Crippen molar-refractivity contribution in [2.45, 2.75) is 42.4 Å². The predicted molar refractivity (Wildman–Crippen MR) is 93.6 cm³/mol. The molecule has 2 bridgehead atoms. The summed E-state index contributed by atoms with van der Waals surface area (Å²) in [5, 5.41) is 21.2. The van der Waals surface area contributed by atoms with Crippen LogP contribution in [-0.4, -0.2) is 41.4 Å². The maximum atomic E-state index is 12.7. The number of phenolic OH excluding ortho intramolecular Hbond substituents is 1. The third-order valence-corrected chi connectivity index (χ3v) is 6.62. The van der Waals surface area contributed by atoms with Crippen molar-refractivity contribution < 1.29 is 38.7 Å². The standard InChI is InChI=1S/C21H16O8/c1-25-13-7-10(23)8-3-2-4-11-15(8)20(13)27-12-6-5-9(22)14-16(12)21(28-11,29-20)19-18(26-19)17(14)24/h2-6,13,17-19,22,24H,7H2,1H3/t13-,17-,18-,19-,20-,21-/m1/s1. The maximum absolute atomic E-state index is 12.7. The molecule has 2 aliphatic carbocycles. The van der Waals surface area contributed by atoms with E-state index in [1.165, 1.54) is 13.2 Å². The molecule has 1 fully saturated rings. The SMILES string of the molecule is CO[C@@H]1CC(=O)c2cccc3c2[C@@]12Oc1ccc(O)c4c1[C@@](O3)(O2)[C@@H]1O[C@@H]1[C@@H]4O. The summed E-state index contributed by atoms with van der Waals surface area (Å²) in [5.41, 5.74) is 1.66. The average Bonchev–Trinajstić information content (AvgIpc) is 3.52. The number of carbonyl (C=O) groups excluding carboxylic acids is 1. The molecule has 2 spiro atoms.